The van der Waals surface area contributed by atoms with E-state index in [1.54, 1.807) is 12.3 Å². The Morgan fingerprint density at radius 2 is 2.15 bits per heavy atom. The maximum absolute atomic E-state index is 13.3. The van der Waals surface area contributed by atoms with Gasteiger partial charge in [0.15, 0.2) is 0 Å². The van der Waals surface area contributed by atoms with Gasteiger partial charge in [0.25, 0.3) is 0 Å². The first-order valence-electron chi connectivity index (χ1n) is 7.09. The van der Waals surface area contributed by atoms with E-state index in [9.17, 15) is 4.39 Å². The highest BCUT2D eigenvalue weighted by molar-refractivity contribution is 5.31. The minimum atomic E-state index is -0.179. The van der Waals surface area contributed by atoms with Gasteiger partial charge < -0.3 is 5.32 Å². The second kappa shape index (κ2) is 7.15. The van der Waals surface area contributed by atoms with Gasteiger partial charge >= 0.3 is 0 Å². The Morgan fingerprint density at radius 1 is 1.30 bits per heavy atom. The van der Waals surface area contributed by atoms with Crippen LogP contribution in [0.1, 0.15) is 36.1 Å². The SMILES string of the molecule is CCCNC(Cc1cccnc1)c1ccc(F)cc1C. The summed E-state index contributed by atoms with van der Waals surface area (Å²) in [5.41, 5.74) is 3.33. The molecule has 0 radical (unpaired) electrons. The Labute approximate surface area is 120 Å². The number of hydrogen-bond donors (Lipinski definition) is 1. The van der Waals surface area contributed by atoms with Crippen LogP contribution in [0.2, 0.25) is 0 Å². The van der Waals surface area contributed by atoms with Crippen LogP contribution in [0.3, 0.4) is 0 Å². The number of pyridine rings is 1. The van der Waals surface area contributed by atoms with Gasteiger partial charge in [0, 0.05) is 18.4 Å². The van der Waals surface area contributed by atoms with Gasteiger partial charge in [0.05, 0.1) is 0 Å². The van der Waals surface area contributed by atoms with Crippen molar-refractivity contribution in [3.8, 4) is 0 Å². The molecular weight excluding hydrogens is 251 g/mol. The molecule has 0 bridgehead atoms. The molecule has 0 saturated carbocycles. The lowest BCUT2D eigenvalue weighted by molar-refractivity contribution is 0.524. The van der Waals surface area contributed by atoms with Crippen molar-refractivity contribution >= 4 is 0 Å². The number of nitrogens with one attached hydrogen (secondary N) is 1. The second-order valence-electron chi connectivity index (χ2n) is 5.07. The number of nitrogens with zero attached hydrogens (tertiary/aromatic N) is 1. The zero-order valence-corrected chi connectivity index (χ0v) is 12.1. The summed E-state index contributed by atoms with van der Waals surface area (Å²) < 4.78 is 13.3. The number of rotatable bonds is 6. The van der Waals surface area contributed by atoms with E-state index in [4.69, 9.17) is 0 Å². The summed E-state index contributed by atoms with van der Waals surface area (Å²) in [7, 11) is 0. The van der Waals surface area contributed by atoms with Crippen LogP contribution in [-0.2, 0) is 6.42 Å². The number of aromatic nitrogens is 1. The maximum Gasteiger partial charge on any atom is 0.123 e. The highest BCUT2D eigenvalue weighted by Gasteiger charge is 2.14. The standard InChI is InChI=1S/C17H21FN2/c1-3-8-20-17(11-14-5-4-9-19-12-14)16-7-6-15(18)10-13(16)2/h4-7,9-10,12,17,20H,3,8,11H2,1-2H3. The predicted molar refractivity (Wildman–Crippen MR) is 80.1 cm³/mol. The zero-order valence-electron chi connectivity index (χ0n) is 12.1. The fraction of sp³-hybridized carbons (Fsp3) is 0.353. The summed E-state index contributed by atoms with van der Waals surface area (Å²) in [4.78, 5) is 4.16. The summed E-state index contributed by atoms with van der Waals surface area (Å²) in [5, 5.41) is 3.54. The lowest BCUT2D eigenvalue weighted by Gasteiger charge is -2.21. The Morgan fingerprint density at radius 3 is 2.80 bits per heavy atom. The van der Waals surface area contributed by atoms with Gasteiger partial charge in [-0.15, -0.1) is 0 Å². The van der Waals surface area contributed by atoms with Crippen LogP contribution in [0.25, 0.3) is 0 Å². The molecule has 106 valence electrons. The van der Waals surface area contributed by atoms with Crippen LogP contribution < -0.4 is 5.32 Å². The number of aryl methyl sites for hydroxylation is 1. The van der Waals surface area contributed by atoms with Crippen LogP contribution in [0, 0.1) is 12.7 Å². The van der Waals surface area contributed by atoms with Crippen molar-refractivity contribution in [3.05, 3.63) is 65.2 Å². The van der Waals surface area contributed by atoms with Gasteiger partial charge in [-0.1, -0.05) is 19.1 Å². The average Bonchev–Trinajstić information content (AvgIpc) is 2.45. The third-order valence-electron chi connectivity index (χ3n) is 3.41. The van der Waals surface area contributed by atoms with E-state index in [0.29, 0.717) is 0 Å². The largest absolute Gasteiger partial charge is 0.310 e. The van der Waals surface area contributed by atoms with Crippen LogP contribution in [0.5, 0.6) is 0 Å². The number of hydrogen-bond acceptors (Lipinski definition) is 2. The molecule has 1 N–H and O–H groups in total. The van der Waals surface area contributed by atoms with E-state index in [1.807, 2.05) is 25.3 Å². The molecule has 20 heavy (non-hydrogen) atoms. The minimum Gasteiger partial charge on any atom is -0.310 e. The first kappa shape index (κ1) is 14.7. The molecule has 3 heteroatoms. The van der Waals surface area contributed by atoms with Crippen molar-refractivity contribution in [1.82, 2.24) is 10.3 Å². The smallest absolute Gasteiger partial charge is 0.123 e. The van der Waals surface area contributed by atoms with Crippen molar-refractivity contribution in [1.29, 1.82) is 0 Å². The molecule has 1 unspecified atom stereocenters. The van der Waals surface area contributed by atoms with Gasteiger partial charge in [-0.2, -0.15) is 0 Å². The molecule has 0 aliphatic rings. The fourth-order valence-electron chi connectivity index (χ4n) is 2.40. The summed E-state index contributed by atoms with van der Waals surface area (Å²) in [6.45, 7) is 5.05. The van der Waals surface area contributed by atoms with Gasteiger partial charge in [-0.25, -0.2) is 4.39 Å². The van der Waals surface area contributed by atoms with E-state index >= 15 is 0 Å². The molecule has 0 saturated heterocycles. The Hall–Kier alpha value is -1.74. The third kappa shape index (κ3) is 3.87. The van der Waals surface area contributed by atoms with Crippen molar-refractivity contribution in [2.24, 2.45) is 0 Å². The average molecular weight is 272 g/mol. The topological polar surface area (TPSA) is 24.9 Å². The Kier molecular flexibility index (Phi) is 5.24. The molecule has 1 atom stereocenters. The van der Waals surface area contributed by atoms with E-state index in [-0.39, 0.29) is 11.9 Å². The quantitative estimate of drug-likeness (QED) is 0.865. The molecule has 0 fully saturated rings. The minimum absolute atomic E-state index is 0.179. The normalized spacial score (nSPS) is 12.3. The van der Waals surface area contributed by atoms with Gasteiger partial charge in [-0.05, 0) is 61.2 Å². The first-order valence-corrected chi connectivity index (χ1v) is 7.09. The highest BCUT2D eigenvalue weighted by atomic mass is 19.1. The predicted octanol–water partition coefficient (Wildman–Crippen LogP) is 3.81. The summed E-state index contributed by atoms with van der Waals surface area (Å²) in [6.07, 6.45) is 5.60. The zero-order chi connectivity index (χ0) is 14.4. The van der Waals surface area contributed by atoms with Crippen molar-refractivity contribution < 1.29 is 4.39 Å². The number of benzene rings is 1. The fourth-order valence-corrected chi connectivity index (χ4v) is 2.40. The first-order chi connectivity index (χ1) is 9.70. The van der Waals surface area contributed by atoms with Crippen LogP contribution in [0.4, 0.5) is 4.39 Å². The monoisotopic (exact) mass is 272 g/mol. The molecule has 2 rings (SSSR count). The van der Waals surface area contributed by atoms with Gasteiger partial charge in [-0.3, -0.25) is 4.98 Å². The molecule has 1 heterocycles. The molecule has 0 aliphatic carbocycles. The summed E-state index contributed by atoms with van der Waals surface area (Å²) >= 11 is 0. The van der Waals surface area contributed by atoms with Gasteiger partial charge in [0.1, 0.15) is 5.82 Å². The Balaban J connectivity index is 2.22. The molecule has 0 amide bonds. The van der Waals surface area contributed by atoms with Crippen LogP contribution in [-0.4, -0.2) is 11.5 Å². The summed E-state index contributed by atoms with van der Waals surface area (Å²) in [5.74, 6) is -0.179. The molecule has 1 aromatic heterocycles. The van der Waals surface area contributed by atoms with Crippen molar-refractivity contribution in [2.75, 3.05) is 6.54 Å². The molecule has 0 spiro atoms. The van der Waals surface area contributed by atoms with E-state index in [2.05, 4.69) is 23.3 Å². The molecule has 0 aliphatic heterocycles. The molecular formula is C17H21FN2. The highest BCUT2D eigenvalue weighted by Crippen LogP contribution is 2.22. The lowest BCUT2D eigenvalue weighted by atomic mass is 9.96. The van der Waals surface area contributed by atoms with Crippen molar-refractivity contribution in [3.63, 3.8) is 0 Å². The summed E-state index contributed by atoms with van der Waals surface area (Å²) in [6, 6.07) is 9.23. The lowest BCUT2D eigenvalue weighted by Crippen LogP contribution is -2.25. The number of halogens is 1. The Bertz CT molecular complexity index is 540. The van der Waals surface area contributed by atoms with E-state index in [0.717, 1.165) is 30.5 Å². The van der Waals surface area contributed by atoms with Crippen LogP contribution >= 0.6 is 0 Å². The van der Waals surface area contributed by atoms with E-state index < -0.39 is 0 Å². The third-order valence-corrected chi connectivity index (χ3v) is 3.41. The molecule has 2 nitrogen and oxygen atoms in total. The molecule has 1 aromatic carbocycles. The van der Waals surface area contributed by atoms with E-state index in [1.165, 1.54) is 11.6 Å². The second-order valence-corrected chi connectivity index (χ2v) is 5.07. The maximum atomic E-state index is 13.3. The molecule has 2 aromatic rings. The van der Waals surface area contributed by atoms with Crippen molar-refractivity contribution in [2.45, 2.75) is 32.7 Å². The van der Waals surface area contributed by atoms with Crippen LogP contribution in [0.15, 0.2) is 42.7 Å². The van der Waals surface area contributed by atoms with Gasteiger partial charge in [0.2, 0.25) is 0 Å².